The monoisotopic (exact) mass is 258 g/mol. The van der Waals surface area contributed by atoms with Gasteiger partial charge in [-0.15, -0.1) is 0 Å². The highest BCUT2D eigenvalue weighted by Crippen LogP contribution is 2.40. The maximum absolute atomic E-state index is 12.3. The van der Waals surface area contributed by atoms with E-state index in [0.29, 0.717) is 0 Å². The second-order valence-electron chi connectivity index (χ2n) is 6.51. The molecule has 1 aromatic carbocycles. The molecule has 1 amide bonds. The molecule has 0 spiro atoms. The molecule has 2 N–H and O–H groups in total. The average Bonchev–Trinajstić information content (AvgIpc) is 3.14. The largest absolute Gasteiger partial charge is 0.325 e. The summed E-state index contributed by atoms with van der Waals surface area (Å²) in [6.07, 6.45) is 3.67. The van der Waals surface area contributed by atoms with Crippen LogP contribution in [0.2, 0.25) is 0 Å². The first-order valence-corrected chi connectivity index (χ1v) is 7.20. The van der Waals surface area contributed by atoms with Gasteiger partial charge in [-0.1, -0.05) is 26.0 Å². The lowest BCUT2D eigenvalue weighted by Crippen LogP contribution is -2.43. The molecule has 1 aliphatic heterocycles. The topological polar surface area (TPSA) is 41.1 Å². The Morgan fingerprint density at radius 3 is 2.47 bits per heavy atom. The van der Waals surface area contributed by atoms with Gasteiger partial charge in [0.05, 0.1) is 6.04 Å². The summed E-state index contributed by atoms with van der Waals surface area (Å²) in [7, 11) is 0. The smallest absolute Gasteiger partial charge is 0.242 e. The van der Waals surface area contributed by atoms with Gasteiger partial charge in [0, 0.05) is 5.69 Å². The quantitative estimate of drug-likeness (QED) is 0.875. The van der Waals surface area contributed by atoms with Crippen molar-refractivity contribution in [3.63, 3.8) is 0 Å². The Kier molecular flexibility index (Phi) is 3.09. The van der Waals surface area contributed by atoms with Crippen molar-refractivity contribution in [2.24, 2.45) is 5.41 Å². The Labute approximate surface area is 114 Å². The fraction of sp³-hybridized carbons (Fsp3) is 0.562. The highest BCUT2D eigenvalue weighted by Gasteiger charge is 2.39. The van der Waals surface area contributed by atoms with Gasteiger partial charge in [0.25, 0.3) is 0 Å². The van der Waals surface area contributed by atoms with E-state index < -0.39 is 0 Å². The van der Waals surface area contributed by atoms with Gasteiger partial charge in [-0.05, 0) is 54.8 Å². The average molecular weight is 258 g/mol. The Morgan fingerprint density at radius 2 is 1.95 bits per heavy atom. The van der Waals surface area contributed by atoms with Crippen LogP contribution in [0.5, 0.6) is 0 Å². The molecule has 1 aromatic rings. The number of hydrogen-bond acceptors (Lipinski definition) is 2. The second-order valence-corrected chi connectivity index (χ2v) is 6.51. The van der Waals surface area contributed by atoms with Crippen LogP contribution in [0.3, 0.4) is 0 Å². The van der Waals surface area contributed by atoms with Gasteiger partial charge in [0.2, 0.25) is 5.91 Å². The summed E-state index contributed by atoms with van der Waals surface area (Å²) in [4.78, 5) is 12.3. The highest BCUT2D eigenvalue weighted by molar-refractivity contribution is 5.95. The molecule has 1 heterocycles. The van der Waals surface area contributed by atoms with Crippen LogP contribution in [0.1, 0.15) is 44.6 Å². The van der Waals surface area contributed by atoms with Crippen molar-refractivity contribution in [2.45, 2.75) is 45.1 Å². The molecule has 1 atom stereocenters. The summed E-state index contributed by atoms with van der Waals surface area (Å²) in [6, 6.07) is 8.23. The third kappa shape index (κ3) is 2.66. The number of hydrogen-bond donors (Lipinski definition) is 2. The third-order valence-corrected chi connectivity index (χ3v) is 4.39. The summed E-state index contributed by atoms with van der Waals surface area (Å²) in [5, 5.41) is 6.32. The van der Waals surface area contributed by atoms with Gasteiger partial charge >= 0.3 is 0 Å². The van der Waals surface area contributed by atoms with Crippen LogP contribution >= 0.6 is 0 Å². The van der Waals surface area contributed by atoms with Crippen molar-refractivity contribution in [1.29, 1.82) is 0 Å². The lowest BCUT2D eigenvalue weighted by Gasteiger charge is -2.25. The van der Waals surface area contributed by atoms with Crippen LogP contribution in [0, 0.1) is 5.41 Å². The van der Waals surface area contributed by atoms with E-state index >= 15 is 0 Å². The first-order valence-electron chi connectivity index (χ1n) is 7.20. The fourth-order valence-corrected chi connectivity index (χ4v) is 2.88. The summed E-state index contributed by atoms with van der Waals surface area (Å²) >= 11 is 0. The molecule has 2 fully saturated rings. The Balaban J connectivity index is 1.65. The molecule has 3 heteroatoms. The number of rotatable bonds is 3. The van der Waals surface area contributed by atoms with Gasteiger partial charge in [-0.2, -0.15) is 0 Å². The number of benzene rings is 1. The first-order chi connectivity index (χ1) is 9.06. The summed E-state index contributed by atoms with van der Waals surface area (Å²) < 4.78 is 0. The molecular formula is C16H22N2O. The first kappa shape index (κ1) is 12.7. The van der Waals surface area contributed by atoms with E-state index in [1.165, 1.54) is 18.4 Å². The number of amides is 1. The molecule has 1 saturated carbocycles. The number of carbonyl (C=O) groups excluding carboxylic acids is 1. The Hall–Kier alpha value is -1.35. The van der Waals surface area contributed by atoms with Crippen molar-refractivity contribution in [1.82, 2.24) is 5.32 Å². The summed E-state index contributed by atoms with van der Waals surface area (Å²) in [6.45, 7) is 5.21. The molecule has 1 unspecified atom stereocenters. The third-order valence-electron chi connectivity index (χ3n) is 4.39. The molecule has 102 valence electrons. The van der Waals surface area contributed by atoms with Crippen molar-refractivity contribution in [3.05, 3.63) is 29.8 Å². The molecular weight excluding hydrogens is 236 g/mol. The predicted octanol–water partition coefficient (Wildman–Crippen LogP) is 2.89. The van der Waals surface area contributed by atoms with Gasteiger partial charge in [-0.3, -0.25) is 4.79 Å². The maximum Gasteiger partial charge on any atom is 0.242 e. The molecule has 0 bridgehead atoms. The van der Waals surface area contributed by atoms with Crippen LogP contribution in [0.25, 0.3) is 0 Å². The van der Waals surface area contributed by atoms with E-state index in [1.54, 1.807) is 0 Å². The minimum Gasteiger partial charge on any atom is -0.325 e. The van der Waals surface area contributed by atoms with Crippen molar-refractivity contribution in [2.75, 3.05) is 11.9 Å². The lowest BCUT2D eigenvalue weighted by atomic mass is 9.84. The van der Waals surface area contributed by atoms with E-state index in [4.69, 9.17) is 0 Å². The van der Waals surface area contributed by atoms with Crippen LogP contribution in [-0.2, 0) is 4.79 Å². The van der Waals surface area contributed by atoms with Crippen LogP contribution in [0.15, 0.2) is 24.3 Å². The normalized spacial score (nSPS) is 25.3. The van der Waals surface area contributed by atoms with E-state index in [1.807, 2.05) is 12.1 Å². The number of anilines is 1. The van der Waals surface area contributed by atoms with E-state index in [2.05, 4.69) is 36.6 Å². The summed E-state index contributed by atoms with van der Waals surface area (Å²) in [5.41, 5.74) is 2.34. The molecule has 1 aliphatic carbocycles. The van der Waals surface area contributed by atoms with Gasteiger partial charge in [-0.25, -0.2) is 0 Å². The highest BCUT2D eigenvalue weighted by atomic mass is 16.2. The van der Waals surface area contributed by atoms with Gasteiger partial charge in [0.15, 0.2) is 0 Å². The Bertz CT molecular complexity index is 474. The number of nitrogens with one attached hydrogen (secondary N) is 2. The van der Waals surface area contributed by atoms with Gasteiger partial charge in [0.1, 0.15) is 0 Å². The van der Waals surface area contributed by atoms with E-state index in [0.717, 1.165) is 24.6 Å². The van der Waals surface area contributed by atoms with E-state index in [-0.39, 0.29) is 17.4 Å². The zero-order valence-electron chi connectivity index (χ0n) is 11.7. The van der Waals surface area contributed by atoms with Gasteiger partial charge < -0.3 is 10.6 Å². The lowest BCUT2D eigenvalue weighted by molar-refractivity contribution is -0.119. The second kappa shape index (κ2) is 4.64. The van der Waals surface area contributed by atoms with Crippen molar-refractivity contribution < 1.29 is 4.79 Å². The summed E-state index contributed by atoms with van der Waals surface area (Å²) in [5.74, 6) is 0.849. The zero-order chi connectivity index (χ0) is 13.5. The van der Waals surface area contributed by atoms with Crippen LogP contribution < -0.4 is 10.6 Å². The van der Waals surface area contributed by atoms with Crippen LogP contribution in [0.4, 0.5) is 5.69 Å². The Morgan fingerprint density at radius 1 is 1.26 bits per heavy atom. The molecule has 3 rings (SSSR count). The standard InChI is InChI=1S/C16H22N2O/c1-16(2)9-10-17-14(16)15(19)18-13-7-5-12(6-8-13)11-3-4-11/h5-8,11,14,17H,3-4,9-10H2,1-2H3,(H,18,19). The minimum atomic E-state index is -0.0874. The molecule has 3 nitrogen and oxygen atoms in total. The molecule has 0 radical (unpaired) electrons. The predicted molar refractivity (Wildman–Crippen MR) is 77.2 cm³/mol. The molecule has 19 heavy (non-hydrogen) atoms. The van der Waals surface area contributed by atoms with E-state index in [9.17, 15) is 4.79 Å². The molecule has 2 aliphatic rings. The maximum atomic E-state index is 12.3. The molecule has 0 aromatic heterocycles. The zero-order valence-corrected chi connectivity index (χ0v) is 11.7. The minimum absolute atomic E-state index is 0.0397. The molecule has 1 saturated heterocycles. The SMILES string of the molecule is CC1(C)CCNC1C(=O)Nc1ccc(C2CC2)cc1. The fourth-order valence-electron chi connectivity index (χ4n) is 2.88. The van der Waals surface area contributed by atoms with Crippen molar-refractivity contribution >= 4 is 11.6 Å². The van der Waals surface area contributed by atoms with Crippen LogP contribution in [-0.4, -0.2) is 18.5 Å². The number of carbonyl (C=O) groups is 1. The van der Waals surface area contributed by atoms with Crippen molar-refractivity contribution in [3.8, 4) is 0 Å².